The second kappa shape index (κ2) is 6.32. The van der Waals surface area contributed by atoms with Gasteiger partial charge in [-0.2, -0.15) is 5.10 Å². The van der Waals surface area contributed by atoms with Crippen LogP contribution < -0.4 is 0 Å². The van der Waals surface area contributed by atoms with Gasteiger partial charge in [-0.05, 0) is 67.1 Å². The molecule has 0 aliphatic heterocycles. The lowest BCUT2D eigenvalue weighted by Crippen LogP contribution is -2.22. The molecule has 0 amide bonds. The van der Waals surface area contributed by atoms with Gasteiger partial charge in [0.05, 0.1) is 10.5 Å². The first kappa shape index (κ1) is 15.4. The summed E-state index contributed by atoms with van der Waals surface area (Å²) >= 11 is 10.9. The van der Waals surface area contributed by atoms with E-state index in [2.05, 4.69) is 51.5 Å². The number of aromatic nitrogens is 3. The van der Waals surface area contributed by atoms with Gasteiger partial charge >= 0.3 is 0 Å². The molecule has 0 aromatic carbocycles. The summed E-state index contributed by atoms with van der Waals surface area (Å²) in [4.78, 5) is 3.59. The zero-order valence-electron chi connectivity index (χ0n) is 12.3. The third-order valence-corrected chi connectivity index (χ3v) is 5.68. The molecular weight excluding hydrogens is 368 g/mol. The highest BCUT2D eigenvalue weighted by molar-refractivity contribution is 9.11. The molecule has 0 unspecified atom stereocenters. The molecule has 1 fully saturated rings. The van der Waals surface area contributed by atoms with Gasteiger partial charge in [0.2, 0.25) is 0 Å². The molecule has 0 atom stereocenters. The monoisotopic (exact) mass is 386 g/mol. The molecule has 0 radical (unpaired) electrons. The number of hydrogen-bond acceptors (Lipinski definition) is 4. The van der Waals surface area contributed by atoms with Crippen LogP contribution in [0.3, 0.4) is 0 Å². The van der Waals surface area contributed by atoms with E-state index in [1.165, 1.54) is 27.3 Å². The summed E-state index contributed by atoms with van der Waals surface area (Å²) < 4.78 is 6.17. The van der Waals surface area contributed by atoms with Gasteiger partial charge in [-0.1, -0.05) is 0 Å². The van der Waals surface area contributed by atoms with Crippen molar-refractivity contribution in [1.29, 1.82) is 0 Å². The molecule has 2 aromatic rings. The second-order valence-electron chi connectivity index (χ2n) is 5.52. The third-order valence-electron chi connectivity index (χ3n) is 3.64. The van der Waals surface area contributed by atoms with Gasteiger partial charge in [-0.15, -0.1) is 11.3 Å². The van der Waals surface area contributed by atoms with E-state index in [-0.39, 0.29) is 0 Å². The summed E-state index contributed by atoms with van der Waals surface area (Å²) in [6.07, 6.45) is 2.51. The van der Waals surface area contributed by atoms with Gasteiger partial charge in [-0.25, -0.2) is 4.68 Å². The van der Waals surface area contributed by atoms with Crippen LogP contribution >= 0.6 is 39.5 Å². The van der Waals surface area contributed by atoms with Crippen LogP contribution in [0.25, 0.3) is 0 Å². The first-order chi connectivity index (χ1) is 10.1. The van der Waals surface area contributed by atoms with Crippen molar-refractivity contribution in [1.82, 2.24) is 19.2 Å². The van der Waals surface area contributed by atoms with Gasteiger partial charge < -0.3 is 4.57 Å². The first-order valence-electron chi connectivity index (χ1n) is 7.18. The zero-order valence-corrected chi connectivity index (χ0v) is 15.5. The van der Waals surface area contributed by atoms with Gasteiger partial charge in [0.15, 0.2) is 4.77 Å². The molecule has 21 heavy (non-hydrogen) atoms. The highest BCUT2D eigenvalue weighted by Gasteiger charge is 2.29. The van der Waals surface area contributed by atoms with E-state index in [9.17, 15) is 0 Å². The number of thiophene rings is 1. The van der Waals surface area contributed by atoms with E-state index < -0.39 is 0 Å². The Balaban J connectivity index is 1.73. The molecule has 0 bridgehead atoms. The molecule has 2 heterocycles. The number of nitrogens with zero attached hydrogens (tertiary/aromatic N) is 4. The van der Waals surface area contributed by atoms with E-state index in [0.29, 0.717) is 5.92 Å². The largest absolute Gasteiger partial charge is 0.304 e. The molecule has 0 N–H and O–H groups in total. The fourth-order valence-electron chi connectivity index (χ4n) is 2.47. The Morgan fingerprint density at radius 2 is 2.24 bits per heavy atom. The van der Waals surface area contributed by atoms with Crippen molar-refractivity contribution in [2.75, 3.05) is 7.05 Å². The summed E-state index contributed by atoms with van der Waals surface area (Å²) in [7, 11) is 2.11. The predicted molar refractivity (Wildman–Crippen MR) is 92.2 cm³/mol. The minimum atomic E-state index is 0.631. The van der Waals surface area contributed by atoms with Crippen molar-refractivity contribution in [2.45, 2.75) is 45.4 Å². The molecule has 114 valence electrons. The van der Waals surface area contributed by atoms with E-state index in [1.54, 1.807) is 11.3 Å². The van der Waals surface area contributed by atoms with Crippen LogP contribution in [0.2, 0.25) is 0 Å². The van der Waals surface area contributed by atoms with Crippen LogP contribution in [0.5, 0.6) is 0 Å². The quantitative estimate of drug-likeness (QED) is 0.694. The highest BCUT2D eigenvalue weighted by Crippen LogP contribution is 2.39. The summed E-state index contributed by atoms with van der Waals surface area (Å²) in [6.45, 7) is 4.70. The maximum Gasteiger partial charge on any atom is 0.199 e. The predicted octanol–water partition coefficient (Wildman–Crippen LogP) is 4.22. The number of hydrogen-bond donors (Lipinski definition) is 0. The second-order valence-corrected chi connectivity index (χ2v) is 8.43. The maximum absolute atomic E-state index is 5.58. The molecule has 7 heteroatoms. The lowest BCUT2D eigenvalue weighted by Gasteiger charge is -2.15. The molecule has 1 aliphatic carbocycles. The van der Waals surface area contributed by atoms with Crippen molar-refractivity contribution < 1.29 is 0 Å². The van der Waals surface area contributed by atoms with Gasteiger partial charge in [-0.3, -0.25) is 4.90 Å². The fourth-order valence-corrected chi connectivity index (χ4v) is 4.36. The SMILES string of the molecule is CCn1c(C2CC2)nn(CN(C)Cc2ccc(Br)s2)c1=S. The smallest absolute Gasteiger partial charge is 0.199 e. The average Bonchev–Trinajstić information content (AvgIpc) is 3.14. The van der Waals surface area contributed by atoms with Crippen LogP contribution in [-0.4, -0.2) is 26.3 Å². The van der Waals surface area contributed by atoms with Crippen LogP contribution in [0, 0.1) is 4.77 Å². The topological polar surface area (TPSA) is 26.0 Å². The lowest BCUT2D eigenvalue weighted by atomic mass is 10.4. The van der Waals surface area contributed by atoms with Crippen LogP contribution in [0.4, 0.5) is 0 Å². The van der Waals surface area contributed by atoms with Crippen molar-refractivity contribution in [3.8, 4) is 0 Å². The van der Waals surface area contributed by atoms with E-state index in [1.807, 2.05) is 4.68 Å². The fraction of sp³-hybridized carbons (Fsp3) is 0.571. The Labute approximate surface area is 142 Å². The normalized spacial score (nSPS) is 15.0. The molecule has 0 saturated heterocycles. The van der Waals surface area contributed by atoms with Crippen LogP contribution in [-0.2, 0) is 19.8 Å². The van der Waals surface area contributed by atoms with E-state index >= 15 is 0 Å². The standard InChI is InChI=1S/C14H19BrN4S2/c1-3-18-13(10-4-5-10)16-19(14(18)20)9-17(2)8-11-6-7-12(15)21-11/h6-7,10H,3-5,8-9H2,1-2H3. The van der Waals surface area contributed by atoms with Crippen molar-refractivity contribution in [2.24, 2.45) is 0 Å². The molecule has 3 rings (SSSR count). The van der Waals surface area contributed by atoms with E-state index in [0.717, 1.165) is 24.5 Å². The summed E-state index contributed by atoms with van der Waals surface area (Å²) in [5, 5.41) is 4.76. The first-order valence-corrected chi connectivity index (χ1v) is 9.20. The minimum absolute atomic E-state index is 0.631. The van der Waals surface area contributed by atoms with Crippen molar-refractivity contribution in [3.05, 3.63) is 31.4 Å². The molecule has 1 aliphatic rings. The lowest BCUT2D eigenvalue weighted by molar-refractivity contribution is 0.245. The maximum atomic E-state index is 5.58. The van der Waals surface area contributed by atoms with Crippen molar-refractivity contribution >= 4 is 39.5 Å². The summed E-state index contributed by atoms with van der Waals surface area (Å²) in [5.41, 5.74) is 0. The highest BCUT2D eigenvalue weighted by atomic mass is 79.9. The van der Waals surface area contributed by atoms with E-state index in [4.69, 9.17) is 17.3 Å². The van der Waals surface area contributed by atoms with Crippen molar-refractivity contribution in [3.63, 3.8) is 0 Å². The summed E-state index contributed by atoms with van der Waals surface area (Å²) in [6, 6.07) is 4.25. The number of rotatable bonds is 6. The van der Waals surface area contributed by atoms with Gasteiger partial charge in [0.1, 0.15) is 5.82 Å². The molecule has 4 nitrogen and oxygen atoms in total. The third kappa shape index (κ3) is 3.47. The molecule has 1 saturated carbocycles. The molecule has 2 aromatic heterocycles. The van der Waals surface area contributed by atoms with Gasteiger partial charge in [0.25, 0.3) is 0 Å². The minimum Gasteiger partial charge on any atom is -0.304 e. The Morgan fingerprint density at radius 3 is 2.81 bits per heavy atom. The summed E-state index contributed by atoms with van der Waals surface area (Å²) in [5.74, 6) is 1.81. The molecular formula is C14H19BrN4S2. The Morgan fingerprint density at radius 1 is 1.48 bits per heavy atom. The number of halogens is 1. The average molecular weight is 387 g/mol. The Kier molecular flexibility index (Phi) is 4.63. The van der Waals surface area contributed by atoms with Gasteiger partial charge in [0, 0.05) is 23.9 Å². The van der Waals surface area contributed by atoms with Crippen LogP contribution in [0.15, 0.2) is 15.9 Å². The zero-order chi connectivity index (χ0) is 15.0. The Hall–Kier alpha value is -0.500. The van der Waals surface area contributed by atoms with Crippen LogP contribution in [0.1, 0.15) is 36.4 Å². The molecule has 0 spiro atoms. The Bertz CT molecular complexity index is 683.